The molecular weight excluding hydrogens is 279 g/mol. The molecule has 0 aliphatic heterocycles. The van der Waals surface area contributed by atoms with Gasteiger partial charge in [0.25, 0.3) is 0 Å². The lowest BCUT2D eigenvalue weighted by Crippen LogP contribution is -2.05. The molecule has 5 heteroatoms. The molecule has 0 saturated carbocycles. The van der Waals surface area contributed by atoms with Crippen LogP contribution in [-0.2, 0) is 9.47 Å². The van der Waals surface area contributed by atoms with Crippen molar-refractivity contribution in [2.24, 2.45) is 0 Å². The van der Waals surface area contributed by atoms with Gasteiger partial charge in [0.15, 0.2) is 6.29 Å². The Morgan fingerprint density at radius 2 is 1.94 bits per heavy atom. The second kappa shape index (κ2) is 8.38. The molecule has 0 unspecified atom stereocenters. The number of hydrogen-bond acceptors (Lipinski definition) is 3. The number of carbonyl (C=O) groups excluding carboxylic acids is 1. The van der Waals surface area contributed by atoms with Gasteiger partial charge < -0.3 is 9.47 Å². The normalized spacial score (nSPS) is 9.62. The van der Waals surface area contributed by atoms with E-state index < -0.39 is 0 Å². The lowest BCUT2D eigenvalue weighted by atomic mass is 10.2. The van der Waals surface area contributed by atoms with Crippen LogP contribution in [0.3, 0.4) is 0 Å². The van der Waals surface area contributed by atoms with Crippen LogP contribution in [0.1, 0.15) is 17.3 Å². The number of ether oxygens (including phenoxy) is 2. The van der Waals surface area contributed by atoms with Gasteiger partial charge >= 0.3 is 0 Å². The van der Waals surface area contributed by atoms with Crippen LogP contribution < -0.4 is 0 Å². The maximum Gasteiger partial charge on any atom is 0.154 e. The van der Waals surface area contributed by atoms with Crippen LogP contribution in [0.2, 0.25) is 0 Å². The Balaban J connectivity index is 0.000000325. The van der Waals surface area contributed by atoms with E-state index in [-0.39, 0.29) is 12.1 Å². The van der Waals surface area contributed by atoms with E-state index in [1.54, 1.807) is 14.2 Å². The molecule has 1 aromatic carbocycles. The maximum absolute atomic E-state index is 12.5. The summed E-state index contributed by atoms with van der Waals surface area (Å²) in [6.07, 6.45) is 0.606. The summed E-state index contributed by atoms with van der Waals surface area (Å²) in [5.74, 6) is -0.356. The van der Waals surface area contributed by atoms with E-state index in [2.05, 4.69) is 25.4 Å². The minimum absolute atomic E-state index is 0.0648. The third kappa shape index (κ3) is 5.95. The average Bonchev–Trinajstić information content (AvgIpc) is 2.32. The topological polar surface area (TPSA) is 35.5 Å². The lowest BCUT2D eigenvalue weighted by Gasteiger charge is -2.03. The summed E-state index contributed by atoms with van der Waals surface area (Å²) in [6.45, 7) is 1.83. The first-order valence-electron chi connectivity index (χ1n) is 4.51. The van der Waals surface area contributed by atoms with Gasteiger partial charge in [-0.15, -0.1) is 0 Å². The van der Waals surface area contributed by atoms with Crippen molar-refractivity contribution in [2.45, 2.75) is 13.2 Å². The fourth-order valence-electron chi connectivity index (χ4n) is 0.682. The molecule has 1 aromatic rings. The van der Waals surface area contributed by atoms with Crippen molar-refractivity contribution in [1.82, 2.24) is 0 Å². The predicted octanol–water partition coefficient (Wildman–Crippen LogP) is 3.03. The van der Waals surface area contributed by atoms with Gasteiger partial charge in [-0.05, 0) is 41.1 Å². The zero-order valence-electron chi connectivity index (χ0n) is 9.37. The Labute approximate surface area is 103 Å². The van der Waals surface area contributed by atoms with Gasteiger partial charge in [0.2, 0.25) is 0 Å². The summed E-state index contributed by atoms with van der Waals surface area (Å²) >= 11 is 2.95. The molecule has 0 fully saturated rings. The highest BCUT2D eigenvalue weighted by molar-refractivity contribution is 9.10. The molecule has 16 heavy (non-hydrogen) atoms. The van der Waals surface area contributed by atoms with Crippen molar-refractivity contribution in [1.29, 1.82) is 0 Å². The van der Waals surface area contributed by atoms with Crippen molar-refractivity contribution in [3.63, 3.8) is 0 Å². The van der Waals surface area contributed by atoms with Crippen LogP contribution in [0.15, 0.2) is 22.7 Å². The Morgan fingerprint density at radius 1 is 1.38 bits per heavy atom. The minimum atomic E-state index is -0.356. The molecule has 3 nitrogen and oxygen atoms in total. The molecule has 0 saturated heterocycles. The van der Waals surface area contributed by atoms with Gasteiger partial charge in [-0.2, -0.15) is 0 Å². The molecule has 0 N–H and O–H groups in total. The summed E-state index contributed by atoms with van der Waals surface area (Å²) in [4.78, 5) is 10.1. The van der Waals surface area contributed by atoms with Crippen LogP contribution in [0.4, 0.5) is 4.39 Å². The zero-order chi connectivity index (χ0) is 12.6. The monoisotopic (exact) mass is 292 g/mol. The first-order valence-corrected chi connectivity index (χ1v) is 5.30. The molecule has 0 aliphatic carbocycles. The Hall–Kier alpha value is -0.780. The molecule has 0 atom stereocenters. The van der Waals surface area contributed by atoms with Gasteiger partial charge in [-0.3, -0.25) is 4.79 Å². The minimum Gasteiger partial charge on any atom is -0.356 e. The molecular formula is C11H14BrFO3. The van der Waals surface area contributed by atoms with E-state index in [1.807, 2.05) is 6.92 Å². The number of methoxy groups -OCH3 is 2. The van der Waals surface area contributed by atoms with Crippen LogP contribution in [0.5, 0.6) is 0 Å². The third-order valence-electron chi connectivity index (χ3n) is 1.74. The molecule has 1 rings (SSSR count). The fourth-order valence-corrected chi connectivity index (χ4v) is 1.08. The zero-order valence-corrected chi connectivity index (χ0v) is 11.0. The van der Waals surface area contributed by atoms with E-state index in [4.69, 9.17) is 0 Å². The highest BCUT2D eigenvalue weighted by Crippen LogP contribution is 2.15. The number of carbonyl (C=O) groups is 1. The SMILES string of the molecule is COC(C)OC.O=Cc1ccc(F)c(Br)c1. The third-order valence-corrected chi connectivity index (χ3v) is 2.35. The number of rotatable bonds is 3. The summed E-state index contributed by atoms with van der Waals surface area (Å²) in [6, 6.07) is 4.10. The average molecular weight is 293 g/mol. The Kier molecular flexibility index (Phi) is 7.97. The molecule has 0 heterocycles. The summed E-state index contributed by atoms with van der Waals surface area (Å²) in [7, 11) is 3.21. The lowest BCUT2D eigenvalue weighted by molar-refractivity contribution is -0.0877. The summed E-state index contributed by atoms with van der Waals surface area (Å²) in [5.41, 5.74) is 0.466. The molecule has 0 aromatic heterocycles. The summed E-state index contributed by atoms with van der Waals surface area (Å²) in [5, 5.41) is 0. The van der Waals surface area contributed by atoms with E-state index in [1.165, 1.54) is 18.2 Å². The van der Waals surface area contributed by atoms with E-state index >= 15 is 0 Å². The Bertz CT molecular complexity index is 327. The van der Waals surface area contributed by atoms with E-state index in [0.717, 1.165) is 0 Å². The smallest absolute Gasteiger partial charge is 0.154 e. The van der Waals surface area contributed by atoms with Gasteiger partial charge in [0, 0.05) is 19.8 Å². The highest BCUT2D eigenvalue weighted by atomic mass is 79.9. The second-order valence-corrected chi connectivity index (χ2v) is 3.68. The second-order valence-electron chi connectivity index (χ2n) is 2.83. The maximum atomic E-state index is 12.5. The molecule has 0 radical (unpaired) electrons. The molecule has 0 spiro atoms. The van der Waals surface area contributed by atoms with Crippen molar-refractivity contribution in [3.8, 4) is 0 Å². The molecule has 0 aliphatic rings. The number of hydrogen-bond donors (Lipinski definition) is 0. The number of aldehydes is 1. The Morgan fingerprint density at radius 3 is 2.25 bits per heavy atom. The number of halogens is 2. The van der Waals surface area contributed by atoms with E-state index in [0.29, 0.717) is 16.3 Å². The fraction of sp³-hybridized carbons (Fsp3) is 0.364. The van der Waals surface area contributed by atoms with Crippen LogP contribution >= 0.6 is 15.9 Å². The first kappa shape index (κ1) is 15.2. The van der Waals surface area contributed by atoms with Crippen molar-refractivity contribution >= 4 is 22.2 Å². The van der Waals surface area contributed by atoms with Crippen molar-refractivity contribution in [2.75, 3.05) is 14.2 Å². The largest absolute Gasteiger partial charge is 0.356 e. The van der Waals surface area contributed by atoms with Gasteiger partial charge in [-0.1, -0.05) is 0 Å². The van der Waals surface area contributed by atoms with Crippen LogP contribution in [0, 0.1) is 5.82 Å². The molecule has 0 bridgehead atoms. The van der Waals surface area contributed by atoms with Crippen LogP contribution in [0.25, 0.3) is 0 Å². The van der Waals surface area contributed by atoms with E-state index in [9.17, 15) is 9.18 Å². The summed E-state index contributed by atoms with van der Waals surface area (Å²) < 4.78 is 22.1. The van der Waals surface area contributed by atoms with Crippen molar-refractivity contribution < 1.29 is 18.7 Å². The molecule has 90 valence electrons. The highest BCUT2D eigenvalue weighted by Gasteiger charge is 1.97. The van der Waals surface area contributed by atoms with Crippen LogP contribution in [-0.4, -0.2) is 26.8 Å². The van der Waals surface area contributed by atoms with Gasteiger partial charge in [-0.25, -0.2) is 4.39 Å². The molecule has 0 amide bonds. The quantitative estimate of drug-likeness (QED) is 0.635. The first-order chi connectivity index (χ1) is 7.54. The van der Waals surface area contributed by atoms with Gasteiger partial charge in [0.05, 0.1) is 4.47 Å². The van der Waals surface area contributed by atoms with Crippen molar-refractivity contribution in [3.05, 3.63) is 34.1 Å². The standard InChI is InChI=1S/C7H4BrFO.C4H10O2/c8-6-3-5(4-10)1-2-7(6)9;1-4(5-2)6-3/h1-4H;4H,1-3H3. The van der Waals surface area contributed by atoms with Gasteiger partial charge in [0.1, 0.15) is 12.1 Å². The number of benzene rings is 1. The predicted molar refractivity (Wildman–Crippen MR) is 63.0 cm³/mol.